The minimum Gasteiger partial charge on any atom is -0.352 e. The molecule has 0 spiro atoms. The molecule has 0 radical (unpaired) electrons. The van der Waals surface area contributed by atoms with Gasteiger partial charge in [0, 0.05) is 31.6 Å². The largest absolute Gasteiger partial charge is 0.352 e. The van der Waals surface area contributed by atoms with Crippen LogP contribution in [0.3, 0.4) is 0 Å². The molecule has 1 N–H and O–H groups in total. The minimum absolute atomic E-state index is 0.000294. The molecule has 7 nitrogen and oxygen atoms in total. The maximum Gasteiger partial charge on any atom is 0.238 e. The smallest absolute Gasteiger partial charge is 0.238 e. The number of sulfonamides is 1. The van der Waals surface area contributed by atoms with Crippen LogP contribution in [0.5, 0.6) is 0 Å². The Kier molecular flexibility index (Phi) is 6.78. The number of hydrogen-bond acceptors (Lipinski definition) is 4. The number of carbonyl (C=O) groups is 2. The summed E-state index contributed by atoms with van der Waals surface area (Å²) in [6.45, 7) is 3.99. The molecule has 0 bridgehead atoms. The number of piperidine rings is 1. The van der Waals surface area contributed by atoms with Gasteiger partial charge in [0.1, 0.15) is 6.04 Å². The summed E-state index contributed by atoms with van der Waals surface area (Å²) < 4.78 is 26.5. The predicted molar refractivity (Wildman–Crippen MR) is 104 cm³/mol. The number of nitrogens with one attached hydrogen (secondary N) is 1. The zero-order chi connectivity index (χ0) is 19.4. The van der Waals surface area contributed by atoms with Gasteiger partial charge in [-0.3, -0.25) is 9.59 Å². The first-order chi connectivity index (χ1) is 12.9. The van der Waals surface area contributed by atoms with Crippen LogP contribution in [0, 0.1) is 5.92 Å². The van der Waals surface area contributed by atoms with E-state index >= 15 is 0 Å². The van der Waals surface area contributed by atoms with Gasteiger partial charge in [-0.25, -0.2) is 8.42 Å². The van der Waals surface area contributed by atoms with E-state index in [1.54, 1.807) is 0 Å². The molecule has 2 amide bonds. The lowest BCUT2D eigenvalue weighted by Gasteiger charge is -2.34. The molecule has 2 aliphatic heterocycles. The Morgan fingerprint density at radius 3 is 2.41 bits per heavy atom. The van der Waals surface area contributed by atoms with Crippen LogP contribution in [0.2, 0.25) is 0 Å². The van der Waals surface area contributed by atoms with E-state index < -0.39 is 16.1 Å². The van der Waals surface area contributed by atoms with Crippen molar-refractivity contribution in [2.75, 3.05) is 25.4 Å². The fourth-order valence-corrected chi connectivity index (χ4v) is 6.45. The van der Waals surface area contributed by atoms with Crippen LogP contribution >= 0.6 is 0 Å². The molecule has 3 fully saturated rings. The van der Waals surface area contributed by atoms with E-state index in [4.69, 9.17) is 0 Å². The van der Waals surface area contributed by atoms with E-state index in [2.05, 4.69) is 5.32 Å². The third-order valence-electron chi connectivity index (χ3n) is 6.12. The van der Waals surface area contributed by atoms with Crippen LogP contribution in [-0.2, 0) is 19.6 Å². The van der Waals surface area contributed by atoms with Crippen LogP contribution in [0.4, 0.5) is 0 Å². The molecular weight excluding hydrogens is 366 g/mol. The average Bonchev–Trinajstić information content (AvgIpc) is 3.33. The normalized spacial score (nSPS) is 29.8. The summed E-state index contributed by atoms with van der Waals surface area (Å²) in [4.78, 5) is 27.4. The van der Waals surface area contributed by atoms with Crippen molar-refractivity contribution in [3.05, 3.63) is 0 Å². The third-order valence-corrected chi connectivity index (χ3v) is 8.20. The highest BCUT2D eigenvalue weighted by Crippen LogP contribution is 2.29. The van der Waals surface area contributed by atoms with Gasteiger partial charge in [0.15, 0.2) is 0 Å². The van der Waals surface area contributed by atoms with E-state index in [0.717, 1.165) is 51.6 Å². The fraction of sp³-hybridized carbons (Fsp3) is 0.895. The van der Waals surface area contributed by atoms with Crippen LogP contribution < -0.4 is 5.32 Å². The lowest BCUT2D eigenvalue weighted by molar-refractivity contribution is -0.134. The molecule has 8 heteroatoms. The van der Waals surface area contributed by atoms with Crippen LogP contribution in [0.15, 0.2) is 0 Å². The molecule has 1 aliphatic carbocycles. The van der Waals surface area contributed by atoms with Crippen LogP contribution in [-0.4, -0.2) is 66.9 Å². The van der Waals surface area contributed by atoms with E-state index in [1.807, 2.05) is 11.8 Å². The van der Waals surface area contributed by atoms with Gasteiger partial charge in [0.05, 0.1) is 5.75 Å². The Bertz CT molecular complexity index is 645. The summed E-state index contributed by atoms with van der Waals surface area (Å²) in [6.07, 6.45) is 7.26. The van der Waals surface area contributed by atoms with Gasteiger partial charge in [-0.1, -0.05) is 13.3 Å². The summed E-state index contributed by atoms with van der Waals surface area (Å²) in [5.41, 5.74) is 0. The Hall–Kier alpha value is -1.15. The van der Waals surface area contributed by atoms with E-state index in [-0.39, 0.29) is 29.5 Å². The van der Waals surface area contributed by atoms with Gasteiger partial charge in [0.2, 0.25) is 21.8 Å². The van der Waals surface area contributed by atoms with Gasteiger partial charge in [-0.2, -0.15) is 4.31 Å². The fourth-order valence-electron chi connectivity index (χ4n) is 4.71. The molecule has 1 saturated carbocycles. The molecular formula is C19H33N3O4S. The summed E-state index contributed by atoms with van der Waals surface area (Å²) in [5, 5.41) is 3.05. The first kappa shape index (κ1) is 20.6. The second-order valence-corrected chi connectivity index (χ2v) is 10.2. The lowest BCUT2D eigenvalue weighted by Crippen LogP contribution is -2.53. The quantitative estimate of drug-likeness (QED) is 0.733. The first-order valence-corrected chi connectivity index (χ1v) is 12.1. The van der Waals surface area contributed by atoms with Crippen LogP contribution in [0.1, 0.15) is 64.7 Å². The number of nitrogens with zero attached hydrogens (tertiary/aromatic N) is 2. The standard InChI is InChI=1S/C19H33N3O4S/c1-2-13-27(25,26)22-12-4-3-7-17(22)18(23)20-16-9-8-15(14-16)19(24)21-10-5-6-11-21/h15-17H,2-14H2,1H3,(H,20,23)/t15-,16+,17?/m1/s1. The first-order valence-electron chi connectivity index (χ1n) is 10.5. The summed E-state index contributed by atoms with van der Waals surface area (Å²) in [5.74, 6) is 0.134. The molecule has 1 unspecified atom stereocenters. The van der Waals surface area contributed by atoms with Crippen molar-refractivity contribution < 1.29 is 18.0 Å². The van der Waals surface area contributed by atoms with Crippen molar-refractivity contribution in [2.45, 2.75) is 76.8 Å². The summed E-state index contributed by atoms with van der Waals surface area (Å²) in [7, 11) is -3.38. The van der Waals surface area contributed by atoms with Crippen molar-refractivity contribution in [3.63, 3.8) is 0 Å². The van der Waals surface area contributed by atoms with Crippen molar-refractivity contribution in [1.82, 2.24) is 14.5 Å². The number of likely N-dealkylation sites (tertiary alicyclic amines) is 1. The predicted octanol–water partition coefficient (Wildman–Crippen LogP) is 1.49. The molecule has 0 aromatic rings. The Balaban J connectivity index is 1.57. The van der Waals surface area contributed by atoms with E-state index in [1.165, 1.54) is 4.31 Å². The van der Waals surface area contributed by atoms with E-state index in [9.17, 15) is 18.0 Å². The molecule has 2 saturated heterocycles. The van der Waals surface area contributed by atoms with Gasteiger partial charge < -0.3 is 10.2 Å². The van der Waals surface area contributed by atoms with Crippen molar-refractivity contribution >= 4 is 21.8 Å². The Morgan fingerprint density at radius 2 is 1.70 bits per heavy atom. The number of amides is 2. The molecule has 0 aromatic carbocycles. The number of carbonyl (C=O) groups excluding carboxylic acids is 2. The van der Waals surface area contributed by atoms with Crippen molar-refractivity contribution in [2.24, 2.45) is 5.92 Å². The summed E-state index contributed by atoms with van der Waals surface area (Å²) in [6, 6.07) is -0.615. The van der Waals surface area contributed by atoms with Crippen molar-refractivity contribution in [1.29, 1.82) is 0 Å². The molecule has 27 heavy (non-hydrogen) atoms. The lowest BCUT2D eigenvalue weighted by atomic mass is 10.0. The van der Waals surface area contributed by atoms with Crippen molar-refractivity contribution in [3.8, 4) is 0 Å². The molecule has 3 rings (SSSR count). The zero-order valence-electron chi connectivity index (χ0n) is 16.4. The zero-order valence-corrected chi connectivity index (χ0v) is 17.2. The minimum atomic E-state index is -3.38. The number of hydrogen-bond donors (Lipinski definition) is 1. The molecule has 3 atom stereocenters. The number of rotatable bonds is 6. The van der Waals surface area contributed by atoms with Crippen LogP contribution in [0.25, 0.3) is 0 Å². The monoisotopic (exact) mass is 399 g/mol. The SMILES string of the molecule is CCCS(=O)(=O)N1CCCCC1C(=O)N[C@H]1CC[C@@H](C(=O)N2CCCC2)C1. The highest BCUT2D eigenvalue weighted by Gasteiger charge is 2.39. The topological polar surface area (TPSA) is 86.8 Å². The second kappa shape index (κ2) is 8.90. The third kappa shape index (κ3) is 4.83. The van der Waals surface area contributed by atoms with E-state index in [0.29, 0.717) is 25.8 Å². The van der Waals surface area contributed by atoms with Gasteiger partial charge in [0.25, 0.3) is 0 Å². The van der Waals surface area contributed by atoms with Gasteiger partial charge in [-0.15, -0.1) is 0 Å². The Labute approximate surface area is 162 Å². The maximum absolute atomic E-state index is 12.8. The molecule has 0 aromatic heterocycles. The highest BCUT2D eigenvalue weighted by atomic mass is 32.2. The second-order valence-electron chi connectivity index (χ2n) is 8.19. The maximum atomic E-state index is 12.8. The molecule has 154 valence electrons. The highest BCUT2D eigenvalue weighted by molar-refractivity contribution is 7.89. The Morgan fingerprint density at radius 1 is 1.00 bits per heavy atom. The molecule has 3 aliphatic rings. The van der Waals surface area contributed by atoms with Gasteiger partial charge >= 0.3 is 0 Å². The molecule has 2 heterocycles. The summed E-state index contributed by atoms with van der Waals surface area (Å²) >= 11 is 0. The van der Waals surface area contributed by atoms with Gasteiger partial charge in [-0.05, 0) is 51.4 Å². The average molecular weight is 400 g/mol.